The molecule has 5 nitrogen and oxygen atoms in total. The van der Waals surface area contributed by atoms with Crippen LogP contribution in [0, 0.1) is 11.8 Å². The first-order chi connectivity index (χ1) is 14.8. The lowest BCUT2D eigenvalue weighted by molar-refractivity contribution is -0.137. The molecule has 0 amide bonds. The van der Waals surface area contributed by atoms with Crippen LogP contribution in [0.3, 0.4) is 0 Å². The first-order valence-electron chi connectivity index (χ1n) is 10.0. The summed E-state index contributed by atoms with van der Waals surface area (Å²) in [6, 6.07) is 4.92. The fraction of sp³-hybridized carbons (Fsp3) is 0.409. The fourth-order valence-electron chi connectivity index (χ4n) is 2.73. The Balaban J connectivity index is 2.11. The number of hydrogen-bond donors (Lipinski definition) is 1. The van der Waals surface area contributed by atoms with Crippen molar-refractivity contribution in [3.05, 3.63) is 53.4 Å². The van der Waals surface area contributed by atoms with E-state index in [2.05, 4.69) is 22.2 Å². The summed E-state index contributed by atoms with van der Waals surface area (Å²) >= 11 is 0. The van der Waals surface area contributed by atoms with Crippen molar-refractivity contribution in [1.29, 1.82) is 0 Å². The van der Waals surface area contributed by atoms with Crippen molar-refractivity contribution in [3.8, 4) is 11.8 Å². The number of halogens is 3. The minimum Gasteiger partial charge on any atom is -0.339 e. The Bertz CT molecular complexity index is 933. The van der Waals surface area contributed by atoms with Gasteiger partial charge in [-0.1, -0.05) is 24.0 Å². The van der Waals surface area contributed by atoms with E-state index >= 15 is 0 Å². The lowest BCUT2D eigenvalue weighted by atomic mass is 10.2. The normalized spacial score (nSPS) is 14.2. The molecule has 0 spiro atoms. The van der Waals surface area contributed by atoms with Gasteiger partial charge in [-0.15, -0.1) is 0 Å². The molecule has 0 aromatic heterocycles. The number of benzene rings is 1. The Hall–Kier alpha value is -2.33. The van der Waals surface area contributed by atoms with Crippen molar-refractivity contribution in [1.82, 2.24) is 0 Å². The van der Waals surface area contributed by atoms with Gasteiger partial charge in [0.15, 0.2) is 0 Å². The first-order valence-corrected chi connectivity index (χ1v) is 11.7. The molecule has 1 heterocycles. The molecular weight excluding hydrogens is 428 g/mol. The predicted octanol–water partition coefficient (Wildman–Crippen LogP) is 6.41. The van der Waals surface area contributed by atoms with Crippen LogP contribution in [0.1, 0.15) is 38.7 Å². The maximum Gasteiger partial charge on any atom is 0.416 e. The minimum atomic E-state index is -4.43. The third kappa shape index (κ3) is 8.37. The van der Waals surface area contributed by atoms with E-state index in [4.69, 9.17) is 9.05 Å². The molecule has 0 saturated carbocycles. The van der Waals surface area contributed by atoms with Crippen molar-refractivity contribution in [2.75, 3.05) is 24.7 Å². The Kier molecular flexibility index (Phi) is 9.57. The number of alkyl halides is 3. The topological polar surface area (TPSA) is 59.9 Å². The number of anilines is 1. The monoisotopic (exact) mass is 454 g/mol. The molecular formula is C22H26F3N2O3P. The third-order valence-corrected chi connectivity index (χ3v) is 6.23. The number of rotatable bonds is 9. The number of nitrogens with zero attached hydrogens (tertiary/aromatic N) is 1. The average Bonchev–Trinajstić information content (AvgIpc) is 2.93. The van der Waals surface area contributed by atoms with Gasteiger partial charge in [-0.05, 0) is 44.5 Å². The van der Waals surface area contributed by atoms with Crippen molar-refractivity contribution in [2.24, 2.45) is 4.99 Å². The van der Waals surface area contributed by atoms with E-state index < -0.39 is 19.3 Å². The van der Waals surface area contributed by atoms with Gasteiger partial charge in [-0.3, -0.25) is 4.57 Å². The van der Waals surface area contributed by atoms with Crippen LogP contribution in [0.15, 0.2) is 52.8 Å². The molecule has 9 heteroatoms. The predicted molar refractivity (Wildman–Crippen MR) is 117 cm³/mol. The lowest BCUT2D eigenvalue weighted by Crippen LogP contribution is -2.06. The summed E-state index contributed by atoms with van der Waals surface area (Å²) in [7, 11) is -3.10. The number of allylic oxidation sites excluding steroid dienone is 3. The second-order valence-corrected chi connectivity index (χ2v) is 8.68. The van der Waals surface area contributed by atoms with Gasteiger partial charge in [0, 0.05) is 24.7 Å². The van der Waals surface area contributed by atoms with Crippen LogP contribution in [0.5, 0.6) is 0 Å². The molecule has 168 valence electrons. The summed E-state index contributed by atoms with van der Waals surface area (Å²) < 4.78 is 61.9. The van der Waals surface area contributed by atoms with E-state index in [0.717, 1.165) is 12.1 Å². The molecule has 0 bridgehead atoms. The molecule has 1 N–H and O–H groups in total. The fourth-order valence-corrected chi connectivity index (χ4v) is 4.39. The standard InChI is InChI=1S/C22H26F3N2O3P/c1-3-29-31(28,30-4-2)16-9-5-6-11-18-12-7-8-15-26-21(18)27-20-14-10-13-19(17-20)22(23,24)25/h7,10,12-15,17,27H,3-5,8-9,16H2,1-2H3. The van der Waals surface area contributed by atoms with Crippen LogP contribution in [0.25, 0.3) is 0 Å². The maximum absolute atomic E-state index is 13.0. The van der Waals surface area contributed by atoms with E-state index in [9.17, 15) is 17.7 Å². The number of hydrogen-bond acceptors (Lipinski definition) is 5. The summed E-state index contributed by atoms with van der Waals surface area (Å²) in [5, 5.41) is 2.93. The second kappa shape index (κ2) is 11.9. The highest BCUT2D eigenvalue weighted by Gasteiger charge is 2.30. The molecule has 1 aliphatic heterocycles. The summed E-state index contributed by atoms with van der Waals surface area (Å²) in [5.74, 6) is 6.38. The smallest absolute Gasteiger partial charge is 0.339 e. The molecule has 2 rings (SSSR count). The summed E-state index contributed by atoms with van der Waals surface area (Å²) in [6.07, 6.45) is 2.72. The van der Waals surface area contributed by atoms with E-state index in [1.165, 1.54) is 12.1 Å². The molecule has 0 fully saturated rings. The van der Waals surface area contributed by atoms with E-state index in [1.54, 1.807) is 26.1 Å². The van der Waals surface area contributed by atoms with Crippen LogP contribution in [-0.2, 0) is 19.8 Å². The van der Waals surface area contributed by atoms with Crippen LogP contribution in [0.2, 0.25) is 0 Å². The molecule has 0 saturated heterocycles. The molecule has 0 unspecified atom stereocenters. The Morgan fingerprint density at radius 2 is 1.97 bits per heavy atom. The molecule has 1 aromatic carbocycles. The zero-order valence-corrected chi connectivity index (χ0v) is 18.4. The SMILES string of the molecule is CCOP(=O)(CCCC#CC1=C(Nc2cccc(C(F)(F)F)c2)N=CCC=C1)OCC. The zero-order valence-electron chi connectivity index (χ0n) is 17.5. The zero-order chi connectivity index (χ0) is 22.7. The molecule has 31 heavy (non-hydrogen) atoms. The molecule has 1 aliphatic rings. The Labute approximate surface area is 181 Å². The van der Waals surface area contributed by atoms with Crippen LogP contribution in [-0.4, -0.2) is 25.6 Å². The molecule has 0 radical (unpaired) electrons. The maximum atomic E-state index is 13.0. The van der Waals surface area contributed by atoms with Gasteiger partial charge in [-0.25, -0.2) is 4.99 Å². The van der Waals surface area contributed by atoms with Crippen molar-refractivity contribution in [2.45, 2.75) is 39.3 Å². The Morgan fingerprint density at radius 1 is 1.23 bits per heavy atom. The first kappa shape index (κ1) is 24.9. The third-order valence-electron chi connectivity index (χ3n) is 4.06. The summed E-state index contributed by atoms with van der Waals surface area (Å²) in [4.78, 5) is 4.29. The summed E-state index contributed by atoms with van der Waals surface area (Å²) in [6.45, 7) is 4.14. The number of nitrogens with one attached hydrogen (secondary N) is 1. The van der Waals surface area contributed by atoms with Gasteiger partial charge in [0.2, 0.25) is 0 Å². The van der Waals surface area contributed by atoms with Crippen molar-refractivity contribution in [3.63, 3.8) is 0 Å². The van der Waals surface area contributed by atoms with E-state index in [-0.39, 0.29) is 11.8 Å². The summed E-state index contributed by atoms with van der Waals surface area (Å²) in [5.41, 5.74) is 0.0850. The molecule has 0 aliphatic carbocycles. The highest BCUT2D eigenvalue weighted by atomic mass is 31.2. The van der Waals surface area contributed by atoms with Gasteiger partial charge < -0.3 is 14.4 Å². The van der Waals surface area contributed by atoms with Gasteiger partial charge >= 0.3 is 13.8 Å². The van der Waals surface area contributed by atoms with Gasteiger partial charge in [0.25, 0.3) is 0 Å². The quantitative estimate of drug-likeness (QED) is 0.266. The van der Waals surface area contributed by atoms with Crippen molar-refractivity contribution < 1.29 is 26.8 Å². The number of aliphatic imine (C=N–C) groups is 1. The van der Waals surface area contributed by atoms with Crippen LogP contribution < -0.4 is 5.32 Å². The van der Waals surface area contributed by atoms with Gasteiger partial charge in [0.1, 0.15) is 5.82 Å². The van der Waals surface area contributed by atoms with Gasteiger partial charge in [-0.2, -0.15) is 13.2 Å². The van der Waals surface area contributed by atoms with E-state index in [1.807, 2.05) is 6.08 Å². The lowest BCUT2D eigenvalue weighted by Gasteiger charge is -2.15. The van der Waals surface area contributed by atoms with E-state index in [0.29, 0.717) is 43.9 Å². The highest BCUT2D eigenvalue weighted by molar-refractivity contribution is 7.53. The van der Waals surface area contributed by atoms with Crippen molar-refractivity contribution >= 4 is 19.5 Å². The second-order valence-electron chi connectivity index (χ2n) is 6.49. The molecule has 0 atom stereocenters. The molecule has 1 aromatic rings. The van der Waals surface area contributed by atoms with Gasteiger partial charge in [0.05, 0.1) is 30.5 Å². The Morgan fingerprint density at radius 3 is 2.65 bits per heavy atom. The average molecular weight is 454 g/mol. The highest BCUT2D eigenvalue weighted by Crippen LogP contribution is 2.48. The largest absolute Gasteiger partial charge is 0.416 e. The minimum absolute atomic E-state index is 0.269. The van der Waals surface area contributed by atoms with Crippen LogP contribution in [0.4, 0.5) is 18.9 Å². The number of unbranched alkanes of at least 4 members (excludes halogenated alkanes) is 1. The van der Waals surface area contributed by atoms with Crippen LogP contribution >= 0.6 is 7.60 Å².